The summed E-state index contributed by atoms with van der Waals surface area (Å²) in [5, 5.41) is 3.53. The second-order valence-electron chi connectivity index (χ2n) is 6.71. The third kappa shape index (κ3) is 5.39. The Morgan fingerprint density at radius 1 is 1.27 bits per heavy atom. The molecule has 26 heavy (non-hydrogen) atoms. The van der Waals surface area contributed by atoms with E-state index < -0.39 is 5.54 Å². The van der Waals surface area contributed by atoms with E-state index in [0.29, 0.717) is 32.1 Å². The molecule has 6 nitrogen and oxygen atoms in total. The van der Waals surface area contributed by atoms with Gasteiger partial charge >= 0.3 is 0 Å². The molecule has 0 saturated carbocycles. The van der Waals surface area contributed by atoms with Crippen LogP contribution in [0.5, 0.6) is 5.75 Å². The molecule has 2 aliphatic heterocycles. The maximum atomic E-state index is 12.7. The molecule has 3 N–H and O–H groups in total. The SMILES string of the molecule is COc1cccc(NC2CCN(C(=O)C3(N)CCOCC3)CC2)c1.Cl.Cl. The molecule has 2 fully saturated rings. The summed E-state index contributed by atoms with van der Waals surface area (Å²) in [6.45, 7) is 2.66. The molecule has 1 aromatic carbocycles. The average Bonchev–Trinajstić information content (AvgIpc) is 2.62. The fraction of sp³-hybridized carbons (Fsp3) is 0.611. The van der Waals surface area contributed by atoms with Crippen molar-refractivity contribution >= 4 is 36.4 Å². The Morgan fingerprint density at radius 2 is 1.92 bits per heavy atom. The number of hydrogen-bond acceptors (Lipinski definition) is 5. The zero-order chi connectivity index (χ0) is 17.0. The van der Waals surface area contributed by atoms with Crippen molar-refractivity contribution in [2.75, 3.05) is 38.7 Å². The zero-order valence-electron chi connectivity index (χ0n) is 15.1. The Bertz CT molecular complexity index is 575. The minimum atomic E-state index is -0.731. The molecule has 2 heterocycles. The molecular weight excluding hydrogens is 377 g/mol. The van der Waals surface area contributed by atoms with Gasteiger partial charge in [0.15, 0.2) is 0 Å². The van der Waals surface area contributed by atoms with Gasteiger partial charge in [0.05, 0.1) is 12.6 Å². The number of anilines is 1. The molecule has 2 saturated heterocycles. The number of ether oxygens (including phenoxy) is 2. The number of benzene rings is 1. The number of rotatable bonds is 4. The molecular formula is C18H29Cl2N3O3. The molecule has 3 rings (SSSR count). The topological polar surface area (TPSA) is 76.8 Å². The monoisotopic (exact) mass is 405 g/mol. The molecule has 2 aliphatic rings. The summed E-state index contributed by atoms with van der Waals surface area (Å²) in [5.41, 5.74) is 6.65. The first-order valence-corrected chi connectivity index (χ1v) is 8.67. The van der Waals surface area contributed by atoms with Crippen LogP contribution in [0, 0.1) is 0 Å². The lowest BCUT2D eigenvalue weighted by Gasteiger charge is -2.40. The van der Waals surface area contributed by atoms with Crippen LogP contribution in [0.1, 0.15) is 25.7 Å². The summed E-state index contributed by atoms with van der Waals surface area (Å²) in [5.74, 6) is 0.933. The normalized spacial score (nSPS) is 19.7. The van der Waals surface area contributed by atoms with E-state index >= 15 is 0 Å². The number of amides is 1. The van der Waals surface area contributed by atoms with Crippen LogP contribution < -0.4 is 15.8 Å². The van der Waals surface area contributed by atoms with Crippen molar-refractivity contribution in [3.63, 3.8) is 0 Å². The van der Waals surface area contributed by atoms with Crippen LogP contribution >= 0.6 is 24.8 Å². The molecule has 0 aliphatic carbocycles. The first-order chi connectivity index (χ1) is 11.6. The highest BCUT2D eigenvalue weighted by atomic mass is 35.5. The average molecular weight is 406 g/mol. The van der Waals surface area contributed by atoms with Crippen LogP contribution in [-0.4, -0.2) is 55.8 Å². The van der Waals surface area contributed by atoms with E-state index in [-0.39, 0.29) is 30.7 Å². The first-order valence-electron chi connectivity index (χ1n) is 8.67. The molecule has 0 aromatic heterocycles. The minimum Gasteiger partial charge on any atom is -0.497 e. The van der Waals surface area contributed by atoms with Gasteiger partial charge in [-0.25, -0.2) is 0 Å². The zero-order valence-corrected chi connectivity index (χ0v) is 16.7. The van der Waals surface area contributed by atoms with Gasteiger partial charge in [-0.1, -0.05) is 6.07 Å². The second kappa shape index (κ2) is 10.2. The second-order valence-corrected chi connectivity index (χ2v) is 6.71. The molecule has 148 valence electrons. The fourth-order valence-corrected chi connectivity index (χ4v) is 3.44. The number of piperidine rings is 1. The van der Waals surface area contributed by atoms with E-state index in [1.165, 1.54) is 0 Å². The van der Waals surface area contributed by atoms with E-state index in [0.717, 1.165) is 37.4 Å². The number of nitrogens with zero attached hydrogens (tertiary/aromatic N) is 1. The van der Waals surface area contributed by atoms with Crippen LogP contribution in [0.4, 0.5) is 5.69 Å². The summed E-state index contributed by atoms with van der Waals surface area (Å²) < 4.78 is 10.6. The Balaban J connectivity index is 0.00000169. The summed E-state index contributed by atoms with van der Waals surface area (Å²) in [6, 6.07) is 8.31. The van der Waals surface area contributed by atoms with E-state index in [1.807, 2.05) is 29.2 Å². The van der Waals surface area contributed by atoms with Crippen molar-refractivity contribution in [3.05, 3.63) is 24.3 Å². The van der Waals surface area contributed by atoms with Crippen molar-refractivity contribution in [3.8, 4) is 5.75 Å². The first kappa shape index (κ1) is 22.8. The van der Waals surface area contributed by atoms with Gasteiger partial charge in [0.1, 0.15) is 5.75 Å². The van der Waals surface area contributed by atoms with E-state index in [4.69, 9.17) is 15.2 Å². The van der Waals surface area contributed by atoms with Crippen LogP contribution in [0.3, 0.4) is 0 Å². The van der Waals surface area contributed by atoms with Gasteiger partial charge in [-0.05, 0) is 37.8 Å². The number of halogens is 2. The molecule has 0 bridgehead atoms. The highest BCUT2D eigenvalue weighted by Crippen LogP contribution is 2.24. The minimum absolute atomic E-state index is 0. The molecule has 1 aromatic rings. The summed E-state index contributed by atoms with van der Waals surface area (Å²) in [7, 11) is 1.67. The van der Waals surface area contributed by atoms with Crippen molar-refractivity contribution in [2.24, 2.45) is 5.73 Å². The van der Waals surface area contributed by atoms with Crippen LogP contribution in [-0.2, 0) is 9.53 Å². The standard InChI is InChI=1S/C18H27N3O3.2ClH/c1-23-16-4-2-3-15(13-16)20-14-5-9-21(10-6-14)17(22)18(19)7-11-24-12-8-18;;/h2-4,13-14,20H,5-12,19H2,1H3;2*1H. The summed E-state index contributed by atoms with van der Waals surface area (Å²) in [4.78, 5) is 14.7. The maximum absolute atomic E-state index is 12.7. The number of nitrogens with one attached hydrogen (secondary N) is 1. The fourth-order valence-electron chi connectivity index (χ4n) is 3.44. The van der Waals surface area contributed by atoms with E-state index in [9.17, 15) is 4.79 Å². The number of hydrogen-bond donors (Lipinski definition) is 2. The van der Waals surface area contributed by atoms with Gasteiger partial charge in [0.25, 0.3) is 0 Å². The third-order valence-corrected chi connectivity index (χ3v) is 5.03. The van der Waals surface area contributed by atoms with Crippen LogP contribution in [0.2, 0.25) is 0 Å². The van der Waals surface area contributed by atoms with Crippen LogP contribution in [0.25, 0.3) is 0 Å². The quantitative estimate of drug-likeness (QED) is 0.804. The number of methoxy groups -OCH3 is 1. The van der Waals surface area contributed by atoms with Crippen molar-refractivity contribution < 1.29 is 14.3 Å². The molecule has 0 atom stereocenters. The molecule has 8 heteroatoms. The predicted octanol–water partition coefficient (Wildman–Crippen LogP) is 2.45. The van der Waals surface area contributed by atoms with Gasteiger partial charge < -0.3 is 25.4 Å². The lowest BCUT2D eigenvalue weighted by Crippen LogP contribution is -2.59. The van der Waals surface area contributed by atoms with Crippen LogP contribution in [0.15, 0.2) is 24.3 Å². The highest BCUT2D eigenvalue weighted by molar-refractivity contribution is 5.86. The van der Waals surface area contributed by atoms with Gasteiger partial charge in [0.2, 0.25) is 5.91 Å². The largest absolute Gasteiger partial charge is 0.497 e. The molecule has 0 spiro atoms. The van der Waals surface area contributed by atoms with Crippen molar-refractivity contribution in [2.45, 2.75) is 37.3 Å². The van der Waals surface area contributed by atoms with Crippen molar-refractivity contribution in [1.82, 2.24) is 4.90 Å². The van der Waals surface area contributed by atoms with E-state index in [1.54, 1.807) is 7.11 Å². The number of carbonyl (C=O) groups excluding carboxylic acids is 1. The maximum Gasteiger partial charge on any atom is 0.242 e. The van der Waals surface area contributed by atoms with Gasteiger partial charge in [-0.3, -0.25) is 4.79 Å². The number of nitrogens with two attached hydrogens (primary N) is 1. The smallest absolute Gasteiger partial charge is 0.242 e. The van der Waals surface area contributed by atoms with E-state index in [2.05, 4.69) is 5.32 Å². The Kier molecular flexibility index (Phi) is 8.96. The summed E-state index contributed by atoms with van der Waals surface area (Å²) in [6.07, 6.45) is 3.09. The predicted molar refractivity (Wildman–Crippen MR) is 108 cm³/mol. The molecule has 0 radical (unpaired) electrons. The van der Waals surface area contributed by atoms with Gasteiger partial charge in [-0.15, -0.1) is 24.8 Å². The van der Waals surface area contributed by atoms with Gasteiger partial charge in [0, 0.05) is 44.1 Å². The Hall–Kier alpha value is -1.21. The Labute approximate surface area is 167 Å². The van der Waals surface area contributed by atoms with Gasteiger partial charge in [-0.2, -0.15) is 0 Å². The lowest BCUT2D eigenvalue weighted by atomic mass is 9.88. The third-order valence-electron chi connectivity index (χ3n) is 5.03. The number of likely N-dealkylation sites (tertiary alicyclic amines) is 1. The Morgan fingerprint density at radius 3 is 2.54 bits per heavy atom. The highest BCUT2D eigenvalue weighted by Gasteiger charge is 2.39. The van der Waals surface area contributed by atoms with Crippen molar-refractivity contribution in [1.29, 1.82) is 0 Å². The molecule has 1 amide bonds. The lowest BCUT2D eigenvalue weighted by molar-refractivity contribution is -0.141. The number of carbonyl (C=O) groups is 1. The summed E-state index contributed by atoms with van der Waals surface area (Å²) >= 11 is 0. The molecule has 0 unspecified atom stereocenters.